The molecule has 2 saturated heterocycles. The van der Waals surface area contributed by atoms with E-state index in [9.17, 15) is 9.59 Å². The van der Waals surface area contributed by atoms with Gasteiger partial charge in [0.1, 0.15) is 41.0 Å². The number of esters is 2. The van der Waals surface area contributed by atoms with Crippen molar-refractivity contribution in [2.45, 2.75) is 112 Å². The second-order valence-corrected chi connectivity index (χ2v) is 21.2. The van der Waals surface area contributed by atoms with E-state index in [1.165, 1.54) is 18.7 Å². The van der Waals surface area contributed by atoms with Crippen molar-refractivity contribution in [3.8, 4) is 17.2 Å². The molecule has 2 aliphatic rings. The Morgan fingerprint density at radius 2 is 1.16 bits per heavy atom. The van der Waals surface area contributed by atoms with Crippen LogP contribution in [-0.2, 0) is 55.6 Å². The van der Waals surface area contributed by atoms with E-state index in [4.69, 9.17) is 51.8 Å². The standard InChI is InChI=1S/C48H60O13SSi/c1-8-63(9-2,10-3)61-41-31-57-48(62-39-14-12-11-13-15-39)45(58-32(4)49)43(41)60-47-44(59-46(50)35-20-26-38(53-7)27-21-35)42(55-29-34-18-24-37(52-6)25-19-34)40(30-56-47)54-28-33-16-22-36(51-5)23-17-33/h11-27,40-45,47-48H,8-10,28-31H2,1-7H3/t40-,41+,42+,43+,44-,45-,47+,48+/m1/s1. The maximum Gasteiger partial charge on any atom is 0.338 e. The lowest BCUT2D eigenvalue weighted by Gasteiger charge is -2.48. The average molecular weight is 905 g/mol. The first-order valence-electron chi connectivity index (χ1n) is 21.4. The van der Waals surface area contributed by atoms with Crippen molar-refractivity contribution in [3.63, 3.8) is 0 Å². The van der Waals surface area contributed by atoms with Gasteiger partial charge in [0, 0.05) is 11.8 Å². The van der Waals surface area contributed by atoms with E-state index >= 15 is 0 Å². The minimum Gasteiger partial charge on any atom is -0.497 e. The molecule has 2 heterocycles. The quantitative estimate of drug-likeness (QED) is 0.0583. The summed E-state index contributed by atoms with van der Waals surface area (Å²) < 4.78 is 69.3. The van der Waals surface area contributed by atoms with E-state index in [1.54, 1.807) is 45.6 Å². The Balaban J connectivity index is 1.39. The van der Waals surface area contributed by atoms with E-state index in [2.05, 4.69) is 20.8 Å². The summed E-state index contributed by atoms with van der Waals surface area (Å²) in [5.41, 5.74) is 1.34. The molecule has 0 aliphatic carbocycles. The fourth-order valence-electron chi connectivity index (χ4n) is 7.62. The number of hydrogen-bond acceptors (Lipinski definition) is 14. The molecule has 15 heteroatoms. The Hall–Kier alpha value is -4.45. The number of benzene rings is 4. The summed E-state index contributed by atoms with van der Waals surface area (Å²) in [4.78, 5) is 28.1. The van der Waals surface area contributed by atoms with Gasteiger partial charge >= 0.3 is 11.9 Å². The van der Waals surface area contributed by atoms with Crippen LogP contribution in [0.15, 0.2) is 108 Å². The van der Waals surface area contributed by atoms with Crippen LogP contribution in [0.2, 0.25) is 18.1 Å². The highest BCUT2D eigenvalue weighted by atomic mass is 32.2. The molecule has 2 aliphatic heterocycles. The van der Waals surface area contributed by atoms with Crippen LogP contribution in [0.1, 0.15) is 49.2 Å². The molecule has 13 nitrogen and oxygen atoms in total. The molecule has 340 valence electrons. The smallest absolute Gasteiger partial charge is 0.338 e. The highest BCUT2D eigenvalue weighted by Crippen LogP contribution is 2.39. The zero-order valence-electron chi connectivity index (χ0n) is 37.1. The number of carbonyl (C=O) groups excluding carboxylic acids is 2. The van der Waals surface area contributed by atoms with E-state index < -0.39 is 68.6 Å². The summed E-state index contributed by atoms with van der Waals surface area (Å²) in [6.07, 6.45) is -6.59. The van der Waals surface area contributed by atoms with Gasteiger partial charge in [-0.3, -0.25) is 4.79 Å². The molecule has 0 aromatic heterocycles. The van der Waals surface area contributed by atoms with Gasteiger partial charge in [0.15, 0.2) is 26.8 Å². The normalized spacial score (nSPS) is 23.7. The molecular weight excluding hydrogens is 845 g/mol. The first kappa shape index (κ1) is 48.0. The zero-order chi connectivity index (χ0) is 44.8. The Bertz CT molecular complexity index is 1990. The molecule has 0 unspecified atom stereocenters. The summed E-state index contributed by atoms with van der Waals surface area (Å²) in [5, 5.41) is 0. The molecule has 0 saturated carbocycles. The summed E-state index contributed by atoms with van der Waals surface area (Å²) in [6.45, 7) is 8.30. The van der Waals surface area contributed by atoms with Crippen LogP contribution < -0.4 is 14.2 Å². The van der Waals surface area contributed by atoms with Gasteiger partial charge in [0.2, 0.25) is 0 Å². The lowest BCUT2D eigenvalue weighted by atomic mass is 10.0. The van der Waals surface area contributed by atoms with E-state index in [0.717, 1.165) is 39.9 Å². The first-order chi connectivity index (χ1) is 30.6. The minimum absolute atomic E-state index is 0.0113. The second kappa shape index (κ2) is 23.5. The average Bonchev–Trinajstić information content (AvgIpc) is 3.32. The molecule has 2 fully saturated rings. The topological polar surface area (TPSA) is 136 Å². The highest BCUT2D eigenvalue weighted by molar-refractivity contribution is 7.99. The Kier molecular flexibility index (Phi) is 17.9. The first-order valence-corrected chi connectivity index (χ1v) is 24.8. The lowest BCUT2D eigenvalue weighted by molar-refractivity contribution is -0.319. The van der Waals surface area contributed by atoms with Crippen LogP contribution in [0, 0.1) is 0 Å². The molecular formula is C48H60O13SSi. The molecule has 8 atom stereocenters. The van der Waals surface area contributed by atoms with Crippen LogP contribution in [0.25, 0.3) is 0 Å². The van der Waals surface area contributed by atoms with Gasteiger partial charge in [-0.05, 0) is 89.9 Å². The SMILES string of the molecule is CC[Si](CC)(CC)O[C@H]1CO[C@@H](Sc2ccccc2)[C@H](OC(C)=O)[C@H]1O[C@@H]1OC[C@@H](OCc2ccc(OC)cc2)[C@H](OCc2ccc(OC)cc2)[C@H]1OC(=O)c1ccc(OC)cc1. The number of ether oxygens (including phenoxy) is 10. The van der Waals surface area contributed by atoms with Crippen molar-refractivity contribution in [3.05, 3.63) is 120 Å². The van der Waals surface area contributed by atoms with E-state index in [1.807, 2.05) is 78.9 Å². The molecule has 0 amide bonds. The third-order valence-corrected chi connectivity index (χ3v) is 17.3. The molecule has 0 radical (unpaired) electrons. The van der Waals surface area contributed by atoms with Crippen molar-refractivity contribution in [1.82, 2.24) is 0 Å². The fourth-order valence-corrected chi connectivity index (χ4v) is 11.5. The van der Waals surface area contributed by atoms with Crippen LogP contribution in [-0.4, -0.2) is 103 Å². The second-order valence-electron chi connectivity index (χ2n) is 15.3. The fraction of sp³-hybridized carbons (Fsp3) is 0.458. The predicted molar refractivity (Wildman–Crippen MR) is 240 cm³/mol. The van der Waals surface area contributed by atoms with Crippen LogP contribution >= 0.6 is 11.8 Å². The number of hydrogen-bond donors (Lipinski definition) is 0. The summed E-state index contributed by atoms with van der Waals surface area (Å²) >= 11 is 1.42. The van der Waals surface area contributed by atoms with Crippen molar-refractivity contribution in [2.75, 3.05) is 34.5 Å². The minimum atomic E-state index is -2.31. The third kappa shape index (κ3) is 12.9. The predicted octanol–water partition coefficient (Wildman–Crippen LogP) is 8.62. The van der Waals surface area contributed by atoms with Crippen LogP contribution in [0.3, 0.4) is 0 Å². The number of carbonyl (C=O) groups is 2. The summed E-state index contributed by atoms with van der Waals surface area (Å²) in [5.74, 6) is 0.843. The molecule has 0 bridgehead atoms. The van der Waals surface area contributed by atoms with Crippen LogP contribution in [0.4, 0.5) is 0 Å². The molecule has 0 spiro atoms. The van der Waals surface area contributed by atoms with Crippen LogP contribution in [0.5, 0.6) is 17.2 Å². The molecule has 4 aromatic rings. The monoisotopic (exact) mass is 904 g/mol. The van der Waals surface area contributed by atoms with Crippen molar-refractivity contribution in [2.24, 2.45) is 0 Å². The Morgan fingerprint density at radius 3 is 1.70 bits per heavy atom. The Labute approximate surface area is 376 Å². The van der Waals surface area contributed by atoms with E-state index in [-0.39, 0.29) is 32.0 Å². The molecule has 0 N–H and O–H groups in total. The largest absolute Gasteiger partial charge is 0.497 e. The van der Waals surface area contributed by atoms with E-state index in [0.29, 0.717) is 11.5 Å². The van der Waals surface area contributed by atoms with Crippen molar-refractivity contribution in [1.29, 1.82) is 0 Å². The lowest BCUT2D eigenvalue weighted by Crippen LogP contribution is -2.63. The molecule has 4 aromatic carbocycles. The third-order valence-electron chi connectivity index (χ3n) is 11.5. The van der Waals surface area contributed by atoms with Gasteiger partial charge in [0.25, 0.3) is 0 Å². The molecule has 63 heavy (non-hydrogen) atoms. The maximum atomic E-state index is 14.2. The van der Waals surface area contributed by atoms with Crippen molar-refractivity contribution >= 4 is 32.0 Å². The van der Waals surface area contributed by atoms with Gasteiger partial charge in [0.05, 0.1) is 59.4 Å². The zero-order valence-corrected chi connectivity index (χ0v) is 38.9. The van der Waals surface area contributed by atoms with Gasteiger partial charge in [-0.1, -0.05) is 75.0 Å². The van der Waals surface area contributed by atoms with Gasteiger partial charge in [-0.25, -0.2) is 4.79 Å². The van der Waals surface area contributed by atoms with Crippen molar-refractivity contribution < 1.29 is 61.4 Å². The number of rotatable bonds is 21. The van der Waals surface area contributed by atoms with Gasteiger partial charge < -0.3 is 51.8 Å². The molecule has 6 rings (SSSR count). The van der Waals surface area contributed by atoms with Gasteiger partial charge in [-0.2, -0.15) is 0 Å². The van der Waals surface area contributed by atoms with Gasteiger partial charge in [-0.15, -0.1) is 0 Å². The summed E-state index contributed by atoms with van der Waals surface area (Å²) in [6, 6.07) is 34.0. The summed E-state index contributed by atoms with van der Waals surface area (Å²) in [7, 11) is 2.47. The number of thioether (sulfide) groups is 1. The Morgan fingerprint density at radius 1 is 0.619 bits per heavy atom. The maximum absolute atomic E-state index is 14.2. The number of methoxy groups -OCH3 is 3. The highest BCUT2D eigenvalue weighted by Gasteiger charge is 2.52.